The van der Waals surface area contributed by atoms with E-state index in [1.807, 2.05) is 68.4 Å². The van der Waals surface area contributed by atoms with Gasteiger partial charge < -0.3 is 0 Å². The van der Waals surface area contributed by atoms with Crippen molar-refractivity contribution in [3.8, 4) is 0 Å². The molecule has 0 bridgehead atoms. The molecule has 1 nitrogen and oxygen atoms in total. The SMILES string of the molecule is CC(C)(Cc1ccc(Cl)cc1)C(=O)c1ccccc1. The van der Waals surface area contributed by atoms with Crippen LogP contribution in [0.1, 0.15) is 29.8 Å². The van der Waals surface area contributed by atoms with E-state index in [2.05, 4.69) is 0 Å². The van der Waals surface area contributed by atoms with Gasteiger partial charge in [0.05, 0.1) is 0 Å². The molecule has 98 valence electrons. The molecule has 2 heteroatoms. The van der Waals surface area contributed by atoms with Crippen molar-refractivity contribution in [3.63, 3.8) is 0 Å². The van der Waals surface area contributed by atoms with Gasteiger partial charge in [-0.05, 0) is 24.1 Å². The first-order valence-corrected chi connectivity index (χ1v) is 6.71. The molecule has 0 saturated carbocycles. The summed E-state index contributed by atoms with van der Waals surface area (Å²) in [6.45, 7) is 3.97. The Labute approximate surface area is 119 Å². The maximum atomic E-state index is 12.5. The van der Waals surface area contributed by atoms with E-state index in [4.69, 9.17) is 11.6 Å². The largest absolute Gasteiger partial charge is 0.294 e. The third kappa shape index (κ3) is 3.45. The van der Waals surface area contributed by atoms with Crippen molar-refractivity contribution in [1.29, 1.82) is 0 Å². The van der Waals surface area contributed by atoms with Gasteiger partial charge in [-0.15, -0.1) is 0 Å². The fourth-order valence-corrected chi connectivity index (χ4v) is 2.30. The highest BCUT2D eigenvalue weighted by atomic mass is 35.5. The summed E-state index contributed by atoms with van der Waals surface area (Å²) in [5.41, 5.74) is 1.47. The molecule has 0 atom stereocenters. The minimum absolute atomic E-state index is 0.169. The number of benzene rings is 2. The predicted octanol–water partition coefficient (Wildman–Crippen LogP) is 4.79. The van der Waals surface area contributed by atoms with Crippen molar-refractivity contribution in [2.24, 2.45) is 5.41 Å². The van der Waals surface area contributed by atoms with E-state index < -0.39 is 5.41 Å². The highest BCUT2D eigenvalue weighted by molar-refractivity contribution is 6.30. The lowest BCUT2D eigenvalue weighted by atomic mass is 9.79. The maximum absolute atomic E-state index is 12.5. The summed E-state index contributed by atoms with van der Waals surface area (Å²) in [5, 5.41) is 0.718. The molecule has 0 spiro atoms. The zero-order chi connectivity index (χ0) is 13.9. The molecule has 2 aromatic carbocycles. The van der Waals surface area contributed by atoms with Crippen LogP contribution in [0.3, 0.4) is 0 Å². The second-order valence-corrected chi connectivity index (χ2v) is 5.82. The van der Waals surface area contributed by atoms with Crippen LogP contribution in [0.2, 0.25) is 5.02 Å². The lowest BCUT2D eigenvalue weighted by molar-refractivity contribution is 0.0837. The minimum Gasteiger partial charge on any atom is -0.294 e. The number of hydrogen-bond donors (Lipinski definition) is 0. The lowest BCUT2D eigenvalue weighted by Crippen LogP contribution is -2.26. The molecular formula is C17H17ClO. The molecule has 0 aromatic heterocycles. The molecule has 0 heterocycles. The van der Waals surface area contributed by atoms with Gasteiger partial charge in [0, 0.05) is 16.0 Å². The molecule has 0 aliphatic heterocycles. The smallest absolute Gasteiger partial charge is 0.168 e. The monoisotopic (exact) mass is 272 g/mol. The van der Waals surface area contributed by atoms with E-state index in [1.54, 1.807) is 0 Å². The Bertz CT molecular complexity index is 556. The summed E-state index contributed by atoms with van der Waals surface area (Å²) in [6, 6.07) is 17.1. The minimum atomic E-state index is -0.421. The summed E-state index contributed by atoms with van der Waals surface area (Å²) in [4.78, 5) is 12.5. The number of carbonyl (C=O) groups is 1. The molecule has 0 aliphatic rings. The van der Waals surface area contributed by atoms with Crippen molar-refractivity contribution in [2.45, 2.75) is 20.3 Å². The lowest BCUT2D eigenvalue weighted by Gasteiger charge is -2.23. The molecule has 0 amide bonds. The third-order valence-electron chi connectivity index (χ3n) is 3.21. The quantitative estimate of drug-likeness (QED) is 0.731. The number of rotatable bonds is 4. The molecule has 0 fully saturated rings. The van der Waals surface area contributed by atoms with Crippen LogP contribution in [0.4, 0.5) is 0 Å². The fourth-order valence-electron chi connectivity index (χ4n) is 2.17. The van der Waals surface area contributed by atoms with E-state index in [0.29, 0.717) is 6.42 Å². The van der Waals surface area contributed by atoms with Gasteiger partial charge in [0.15, 0.2) is 5.78 Å². The summed E-state index contributed by atoms with van der Waals surface area (Å²) in [5.74, 6) is 0.169. The Morgan fingerprint density at radius 2 is 1.58 bits per heavy atom. The molecule has 0 saturated heterocycles. The zero-order valence-electron chi connectivity index (χ0n) is 11.2. The van der Waals surface area contributed by atoms with Crippen molar-refractivity contribution in [3.05, 3.63) is 70.7 Å². The first kappa shape index (κ1) is 13.8. The van der Waals surface area contributed by atoms with Crippen LogP contribution in [0.5, 0.6) is 0 Å². The van der Waals surface area contributed by atoms with Crippen LogP contribution in [-0.2, 0) is 6.42 Å². The average Bonchev–Trinajstić information content (AvgIpc) is 2.41. The van der Waals surface area contributed by atoms with Gasteiger partial charge >= 0.3 is 0 Å². The number of ketones is 1. The van der Waals surface area contributed by atoms with E-state index >= 15 is 0 Å². The molecular weight excluding hydrogens is 256 g/mol. The molecule has 0 radical (unpaired) electrons. The second kappa shape index (κ2) is 5.58. The predicted molar refractivity (Wildman–Crippen MR) is 79.7 cm³/mol. The summed E-state index contributed by atoms with van der Waals surface area (Å²) in [6.07, 6.45) is 0.706. The van der Waals surface area contributed by atoms with Crippen LogP contribution in [0, 0.1) is 5.41 Å². The number of carbonyl (C=O) groups excluding carboxylic acids is 1. The topological polar surface area (TPSA) is 17.1 Å². The van der Waals surface area contributed by atoms with Gasteiger partial charge in [0.1, 0.15) is 0 Å². The van der Waals surface area contributed by atoms with Crippen LogP contribution < -0.4 is 0 Å². The molecule has 0 unspecified atom stereocenters. The van der Waals surface area contributed by atoms with Crippen LogP contribution >= 0.6 is 11.6 Å². The van der Waals surface area contributed by atoms with E-state index in [0.717, 1.165) is 16.1 Å². The van der Waals surface area contributed by atoms with Crippen LogP contribution in [-0.4, -0.2) is 5.78 Å². The molecule has 19 heavy (non-hydrogen) atoms. The highest BCUT2D eigenvalue weighted by Gasteiger charge is 2.28. The first-order chi connectivity index (χ1) is 8.99. The van der Waals surface area contributed by atoms with Gasteiger partial charge in [-0.3, -0.25) is 4.79 Å². The van der Waals surface area contributed by atoms with Gasteiger partial charge in [0.2, 0.25) is 0 Å². The second-order valence-electron chi connectivity index (χ2n) is 5.38. The standard InChI is InChI=1S/C17H17ClO/c1-17(2,12-13-8-10-15(18)11-9-13)16(19)14-6-4-3-5-7-14/h3-11H,12H2,1-2H3. The average molecular weight is 273 g/mol. The summed E-state index contributed by atoms with van der Waals surface area (Å²) >= 11 is 5.87. The third-order valence-corrected chi connectivity index (χ3v) is 3.46. The number of hydrogen-bond acceptors (Lipinski definition) is 1. The van der Waals surface area contributed by atoms with Crippen LogP contribution in [0.25, 0.3) is 0 Å². The fraction of sp³-hybridized carbons (Fsp3) is 0.235. The molecule has 0 aliphatic carbocycles. The Hall–Kier alpha value is -1.60. The highest BCUT2D eigenvalue weighted by Crippen LogP contribution is 2.27. The Kier molecular flexibility index (Phi) is 4.06. The van der Waals surface area contributed by atoms with E-state index in [-0.39, 0.29) is 5.78 Å². The van der Waals surface area contributed by atoms with Crippen LogP contribution in [0.15, 0.2) is 54.6 Å². The van der Waals surface area contributed by atoms with E-state index in [9.17, 15) is 4.79 Å². The number of Topliss-reactive ketones (excluding diaryl/α,β-unsaturated/α-hetero) is 1. The van der Waals surface area contributed by atoms with Gasteiger partial charge in [-0.25, -0.2) is 0 Å². The molecule has 0 N–H and O–H groups in total. The van der Waals surface area contributed by atoms with Crippen molar-refractivity contribution < 1.29 is 4.79 Å². The normalized spacial score (nSPS) is 11.3. The molecule has 2 rings (SSSR count). The maximum Gasteiger partial charge on any atom is 0.168 e. The Morgan fingerprint density at radius 1 is 1.00 bits per heavy atom. The van der Waals surface area contributed by atoms with Crippen molar-refractivity contribution in [1.82, 2.24) is 0 Å². The molecule has 2 aromatic rings. The zero-order valence-corrected chi connectivity index (χ0v) is 11.9. The van der Waals surface area contributed by atoms with Gasteiger partial charge in [0.25, 0.3) is 0 Å². The van der Waals surface area contributed by atoms with Crippen molar-refractivity contribution in [2.75, 3.05) is 0 Å². The summed E-state index contributed by atoms with van der Waals surface area (Å²) < 4.78 is 0. The first-order valence-electron chi connectivity index (χ1n) is 6.33. The Morgan fingerprint density at radius 3 is 2.16 bits per heavy atom. The summed E-state index contributed by atoms with van der Waals surface area (Å²) in [7, 11) is 0. The van der Waals surface area contributed by atoms with Gasteiger partial charge in [-0.2, -0.15) is 0 Å². The Balaban J connectivity index is 2.18. The van der Waals surface area contributed by atoms with Crippen molar-refractivity contribution >= 4 is 17.4 Å². The number of halogens is 1. The van der Waals surface area contributed by atoms with Gasteiger partial charge in [-0.1, -0.05) is 67.9 Å². The van der Waals surface area contributed by atoms with E-state index in [1.165, 1.54) is 0 Å².